The minimum absolute atomic E-state index is 0. The summed E-state index contributed by atoms with van der Waals surface area (Å²) < 4.78 is 0.843. The van der Waals surface area contributed by atoms with E-state index in [1.165, 1.54) is 0 Å². The van der Waals surface area contributed by atoms with Gasteiger partial charge < -0.3 is 5.32 Å². The summed E-state index contributed by atoms with van der Waals surface area (Å²) >= 11 is 6.25. The molecule has 4 heteroatoms. The zero-order valence-corrected chi connectivity index (χ0v) is 11.7. The zero-order valence-electron chi connectivity index (χ0n) is 4.52. The molecule has 0 unspecified atom stereocenters. The van der Waals surface area contributed by atoms with Crippen molar-refractivity contribution in [3.05, 3.63) is 0 Å². The average molecular weight is 322 g/mol. The van der Waals surface area contributed by atoms with Crippen LogP contribution in [0.3, 0.4) is 0 Å². The zero-order chi connectivity index (χ0) is 4.99. The number of thiocarbonyl (C=S) groups is 1. The van der Waals surface area contributed by atoms with Crippen LogP contribution in [0.25, 0.3) is 0 Å². The number of rotatable bonds is 0. The summed E-state index contributed by atoms with van der Waals surface area (Å²) in [6, 6.07) is 0. The minimum Gasteiger partial charge on any atom is -0.374 e. The summed E-state index contributed by atoms with van der Waals surface area (Å²) in [5, 5.41) is 2.81. The number of hydrogen-bond donors (Lipinski definition) is 1. The molecule has 0 saturated heterocycles. The van der Waals surface area contributed by atoms with E-state index >= 15 is 0 Å². The molecule has 1 N–H and O–H groups in total. The van der Waals surface area contributed by atoms with Crippen LogP contribution < -0.4 is 5.32 Å². The maximum absolute atomic E-state index is 4.71. The SMILES string of the molecule is CNC(=S)SC.[Hg]. The van der Waals surface area contributed by atoms with Crippen LogP contribution in [-0.4, -0.2) is 17.6 Å². The van der Waals surface area contributed by atoms with Crippen LogP contribution in [0.1, 0.15) is 0 Å². The van der Waals surface area contributed by atoms with E-state index in [1.807, 2.05) is 13.3 Å². The van der Waals surface area contributed by atoms with E-state index in [2.05, 4.69) is 5.32 Å². The fourth-order valence-electron chi connectivity index (χ4n) is 0.102. The largest absolute Gasteiger partial charge is 0.374 e. The van der Waals surface area contributed by atoms with Crippen molar-refractivity contribution in [3.8, 4) is 0 Å². The molecular formula is C3H7HgNS2. The molecule has 0 spiro atoms. The predicted molar refractivity (Wildman–Crippen MR) is 35.2 cm³/mol. The standard InChI is InChI=1S/C3H7NS2.Hg/c1-4-3(5)6-2;/h1-2H3,(H,4,5);. The molecular weight excluding hydrogens is 315 g/mol. The molecule has 38 valence electrons. The Morgan fingerprint density at radius 2 is 2.14 bits per heavy atom. The fraction of sp³-hybridized carbons (Fsp3) is 0.667. The number of hydrogen-bond acceptors (Lipinski definition) is 2. The van der Waals surface area contributed by atoms with Gasteiger partial charge in [-0.3, -0.25) is 0 Å². The maximum atomic E-state index is 4.71. The Bertz CT molecular complexity index is 50.9. The molecule has 0 aromatic carbocycles. The summed E-state index contributed by atoms with van der Waals surface area (Å²) in [7, 11) is 1.82. The van der Waals surface area contributed by atoms with Gasteiger partial charge in [0, 0.05) is 34.7 Å². The van der Waals surface area contributed by atoms with Crippen molar-refractivity contribution in [2.75, 3.05) is 13.3 Å². The minimum atomic E-state index is 0. The Morgan fingerprint density at radius 1 is 1.71 bits per heavy atom. The Morgan fingerprint density at radius 3 is 2.14 bits per heavy atom. The van der Waals surface area contributed by atoms with Gasteiger partial charge in [-0.15, -0.1) is 11.8 Å². The molecule has 0 aromatic rings. The third-order valence-electron chi connectivity index (χ3n) is 0.390. The van der Waals surface area contributed by atoms with Crippen LogP contribution >= 0.6 is 24.0 Å². The average Bonchev–Trinajstić information content (AvgIpc) is 1.65. The second-order valence-corrected chi connectivity index (χ2v) is 2.22. The Hall–Kier alpha value is 1.18. The van der Waals surface area contributed by atoms with Gasteiger partial charge in [0.05, 0.1) is 0 Å². The first-order valence-electron chi connectivity index (χ1n) is 1.57. The summed E-state index contributed by atoms with van der Waals surface area (Å²) in [5.74, 6) is 0. The Labute approximate surface area is 74.1 Å². The van der Waals surface area contributed by atoms with Crippen molar-refractivity contribution in [2.45, 2.75) is 0 Å². The van der Waals surface area contributed by atoms with Crippen LogP contribution in [0.4, 0.5) is 0 Å². The van der Waals surface area contributed by atoms with E-state index in [9.17, 15) is 0 Å². The normalized spacial score (nSPS) is 6.57. The van der Waals surface area contributed by atoms with E-state index in [4.69, 9.17) is 12.2 Å². The van der Waals surface area contributed by atoms with Gasteiger partial charge in [-0.1, -0.05) is 12.2 Å². The first-order valence-corrected chi connectivity index (χ1v) is 3.20. The molecule has 0 saturated carbocycles. The van der Waals surface area contributed by atoms with Crippen molar-refractivity contribution in [3.63, 3.8) is 0 Å². The first kappa shape index (κ1) is 11.0. The number of nitrogens with one attached hydrogen (secondary N) is 1. The van der Waals surface area contributed by atoms with E-state index in [-0.39, 0.29) is 27.7 Å². The van der Waals surface area contributed by atoms with E-state index in [0.717, 1.165) is 4.32 Å². The van der Waals surface area contributed by atoms with E-state index in [0.29, 0.717) is 0 Å². The topological polar surface area (TPSA) is 12.0 Å². The summed E-state index contributed by atoms with van der Waals surface area (Å²) in [5.41, 5.74) is 0. The summed E-state index contributed by atoms with van der Waals surface area (Å²) in [4.78, 5) is 0. The quantitative estimate of drug-likeness (QED) is 0.525. The third kappa shape index (κ3) is 7.18. The third-order valence-corrected chi connectivity index (χ3v) is 1.67. The number of thioether (sulfide) groups is 1. The molecule has 0 aliphatic rings. The van der Waals surface area contributed by atoms with Crippen LogP contribution in [0.5, 0.6) is 0 Å². The van der Waals surface area contributed by atoms with Crippen molar-refractivity contribution in [1.29, 1.82) is 0 Å². The monoisotopic (exact) mass is 323 g/mol. The van der Waals surface area contributed by atoms with Gasteiger partial charge in [-0.25, -0.2) is 0 Å². The molecule has 0 atom stereocenters. The van der Waals surface area contributed by atoms with Gasteiger partial charge in [-0.2, -0.15) is 0 Å². The molecule has 0 aromatic heterocycles. The smallest absolute Gasteiger partial charge is 0.133 e. The van der Waals surface area contributed by atoms with Crippen molar-refractivity contribution < 1.29 is 27.7 Å². The first-order chi connectivity index (χ1) is 2.81. The van der Waals surface area contributed by atoms with Gasteiger partial charge in [0.2, 0.25) is 0 Å². The molecule has 0 amide bonds. The molecule has 0 heterocycles. The summed E-state index contributed by atoms with van der Waals surface area (Å²) in [6.45, 7) is 0. The van der Waals surface area contributed by atoms with E-state index in [1.54, 1.807) is 11.8 Å². The molecule has 7 heavy (non-hydrogen) atoms. The molecule has 0 rings (SSSR count). The van der Waals surface area contributed by atoms with Gasteiger partial charge in [0.1, 0.15) is 4.32 Å². The van der Waals surface area contributed by atoms with Crippen molar-refractivity contribution in [1.82, 2.24) is 5.32 Å². The van der Waals surface area contributed by atoms with Crippen LogP contribution in [0.2, 0.25) is 0 Å². The van der Waals surface area contributed by atoms with Gasteiger partial charge in [-0.05, 0) is 6.26 Å². The molecule has 0 aliphatic carbocycles. The van der Waals surface area contributed by atoms with Crippen LogP contribution in [-0.2, 0) is 27.7 Å². The second kappa shape index (κ2) is 7.18. The van der Waals surface area contributed by atoms with E-state index < -0.39 is 0 Å². The second-order valence-electron chi connectivity index (χ2n) is 0.742. The molecule has 0 bridgehead atoms. The van der Waals surface area contributed by atoms with Gasteiger partial charge >= 0.3 is 0 Å². The Balaban J connectivity index is 0. The van der Waals surface area contributed by atoms with Crippen molar-refractivity contribution in [2.24, 2.45) is 0 Å². The molecule has 0 radical (unpaired) electrons. The molecule has 1 nitrogen and oxygen atoms in total. The summed E-state index contributed by atoms with van der Waals surface area (Å²) in [6.07, 6.45) is 1.94. The Kier molecular flexibility index (Phi) is 11.3. The van der Waals surface area contributed by atoms with Crippen molar-refractivity contribution >= 4 is 28.3 Å². The predicted octanol–water partition coefficient (Wildman–Crippen LogP) is 0.851. The maximum Gasteiger partial charge on any atom is 0.133 e. The molecule has 0 aliphatic heterocycles. The van der Waals surface area contributed by atoms with Crippen LogP contribution in [0, 0.1) is 0 Å². The molecule has 0 fully saturated rings. The van der Waals surface area contributed by atoms with Crippen LogP contribution in [0.15, 0.2) is 0 Å². The van der Waals surface area contributed by atoms with Gasteiger partial charge in [0.25, 0.3) is 0 Å². The van der Waals surface area contributed by atoms with Gasteiger partial charge in [0.15, 0.2) is 0 Å². The fourth-order valence-corrected chi connectivity index (χ4v) is 0.306.